The molecule has 2 atom stereocenters. The maximum atomic E-state index is 12.9. The molecule has 0 heterocycles. The van der Waals surface area contributed by atoms with Crippen molar-refractivity contribution in [1.82, 2.24) is 0 Å². The molecule has 68 valence electrons. The van der Waals surface area contributed by atoms with Crippen LogP contribution in [-0.4, -0.2) is 18.1 Å². The Morgan fingerprint density at radius 2 is 2.42 bits per heavy atom. The molecular weight excluding hydrogens is 163 g/mol. The Kier molecular flexibility index (Phi) is 2.78. The van der Waals surface area contributed by atoms with E-state index in [0.717, 1.165) is 6.92 Å². The first-order valence-electron chi connectivity index (χ1n) is 3.92. The second-order valence-corrected chi connectivity index (χ2v) is 3.00. The van der Waals surface area contributed by atoms with E-state index in [1.165, 1.54) is 0 Å². The van der Waals surface area contributed by atoms with E-state index in [9.17, 15) is 14.0 Å². The van der Waals surface area contributed by atoms with Crippen molar-refractivity contribution in [3.05, 3.63) is 0 Å². The fourth-order valence-electron chi connectivity index (χ4n) is 1.32. The number of alkyl halides is 1. The van der Waals surface area contributed by atoms with E-state index in [1.807, 2.05) is 0 Å². The summed E-state index contributed by atoms with van der Waals surface area (Å²) < 4.78 is 17.3. The molecule has 0 bridgehead atoms. The Bertz CT molecular complexity index is 202. The number of hydrogen-bond donors (Lipinski definition) is 0. The fraction of sp³-hybridized carbons (Fsp3) is 0.750. The van der Waals surface area contributed by atoms with Gasteiger partial charge in [0.1, 0.15) is 5.78 Å². The predicted octanol–water partition coefficient (Wildman–Crippen LogP) is 1.21. The topological polar surface area (TPSA) is 43.4 Å². The average molecular weight is 174 g/mol. The normalized spacial score (nSPS) is 25.5. The summed E-state index contributed by atoms with van der Waals surface area (Å²) >= 11 is 0. The molecule has 0 radical (unpaired) electrons. The van der Waals surface area contributed by atoms with E-state index in [0.29, 0.717) is 12.8 Å². The highest BCUT2D eigenvalue weighted by Crippen LogP contribution is 2.27. The van der Waals surface area contributed by atoms with Crippen LogP contribution in [0.15, 0.2) is 0 Å². The molecule has 3 nitrogen and oxygen atoms in total. The van der Waals surface area contributed by atoms with Crippen molar-refractivity contribution < 1.29 is 18.7 Å². The molecule has 12 heavy (non-hydrogen) atoms. The molecule has 0 aromatic heterocycles. The van der Waals surface area contributed by atoms with Gasteiger partial charge < -0.3 is 4.74 Å². The van der Waals surface area contributed by atoms with Crippen LogP contribution in [0.25, 0.3) is 0 Å². The summed E-state index contributed by atoms with van der Waals surface area (Å²) in [5, 5.41) is 0. The SMILES string of the molecule is CC(=O)OC(F)C1CCC(=O)C1. The lowest BCUT2D eigenvalue weighted by Gasteiger charge is -2.13. The van der Waals surface area contributed by atoms with Crippen LogP contribution in [-0.2, 0) is 14.3 Å². The molecule has 2 unspecified atom stereocenters. The first-order valence-corrected chi connectivity index (χ1v) is 3.92. The zero-order valence-electron chi connectivity index (χ0n) is 6.88. The number of Topliss-reactive ketones (excluding diaryl/α,β-unsaturated/α-hetero) is 1. The zero-order valence-corrected chi connectivity index (χ0v) is 6.88. The molecule has 0 spiro atoms. The van der Waals surface area contributed by atoms with Crippen LogP contribution in [0.1, 0.15) is 26.2 Å². The van der Waals surface area contributed by atoms with Crippen LogP contribution in [0.5, 0.6) is 0 Å². The highest BCUT2D eigenvalue weighted by atomic mass is 19.1. The number of halogens is 1. The summed E-state index contributed by atoms with van der Waals surface area (Å²) in [4.78, 5) is 21.1. The van der Waals surface area contributed by atoms with E-state index in [1.54, 1.807) is 0 Å². The second-order valence-electron chi connectivity index (χ2n) is 3.00. The third-order valence-electron chi connectivity index (χ3n) is 1.93. The molecule has 0 aromatic rings. The van der Waals surface area contributed by atoms with Gasteiger partial charge in [0.15, 0.2) is 0 Å². The van der Waals surface area contributed by atoms with Gasteiger partial charge in [-0.3, -0.25) is 9.59 Å². The van der Waals surface area contributed by atoms with E-state index in [2.05, 4.69) is 4.74 Å². The van der Waals surface area contributed by atoms with Crippen molar-refractivity contribution in [3.63, 3.8) is 0 Å². The summed E-state index contributed by atoms with van der Waals surface area (Å²) in [6.07, 6.45) is -0.498. The summed E-state index contributed by atoms with van der Waals surface area (Å²) in [5.41, 5.74) is 0. The monoisotopic (exact) mass is 174 g/mol. The third kappa shape index (κ3) is 2.29. The third-order valence-corrected chi connectivity index (χ3v) is 1.93. The average Bonchev–Trinajstić information content (AvgIpc) is 2.34. The number of carbonyl (C=O) groups is 2. The van der Waals surface area contributed by atoms with Crippen molar-refractivity contribution in [2.75, 3.05) is 0 Å². The lowest BCUT2D eigenvalue weighted by Crippen LogP contribution is -2.19. The van der Waals surface area contributed by atoms with Crippen LogP contribution in [0, 0.1) is 5.92 Å². The molecule has 1 fully saturated rings. The van der Waals surface area contributed by atoms with Crippen molar-refractivity contribution in [2.45, 2.75) is 32.5 Å². The first kappa shape index (κ1) is 9.16. The van der Waals surface area contributed by atoms with E-state index < -0.39 is 18.2 Å². The Hall–Kier alpha value is -0.930. The van der Waals surface area contributed by atoms with Gasteiger partial charge in [-0.25, -0.2) is 4.39 Å². The van der Waals surface area contributed by atoms with Gasteiger partial charge in [-0.2, -0.15) is 0 Å². The van der Waals surface area contributed by atoms with Gasteiger partial charge in [0, 0.05) is 25.7 Å². The molecule has 0 aliphatic heterocycles. The highest BCUT2D eigenvalue weighted by Gasteiger charge is 2.31. The van der Waals surface area contributed by atoms with E-state index in [-0.39, 0.29) is 12.2 Å². The Balaban J connectivity index is 2.37. The Morgan fingerprint density at radius 3 is 2.83 bits per heavy atom. The summed E-state index contributed by atoms with van der Waals surface area (Å²) in [6.45, 7) is 1.16. The highest BCUT2D eigenvalue weighted by molar-refractivity contribution is 5.80. The van der Waals surface area contributed by atoms with Gasteiger partial charge >= 0.3 is 5.97 Å². The molecule has 1 aliphatic carbocycles. The van der Waals surface area contributed by atoms with Crippen molar-refractivity contribution in [3.8, 4) is 0 Å². The summed E-state index contributed by atoms with van der Waals surface area (Å²) in [6, 6.07) is 0. The number of carbonyl (C=O) groups excluding carboxylic acids is 2. The maximum absolute atomic E-state index is 12.9. The van der Waals surface area contributed by atoms with Crippen LogP contribution >= 0.6 is 0 Å². The minimum Gasteiger partial charge on any atom is -0.431 e. The summed E-state index contributed by atoms with van der Waals surface area (Å²) in [7, 11) is 0. The van der Waals surface area contributed by atoms with Crippen molar-refractivity contribution in [1.29, 1.82) is 0 Å². The lowest BCUT2D eigenvalue weighted by molar-refractivity contribution is -0.160. The lowest BCUT2D eigenvalue weighted by atomic mass is 10.1. The molecular formula is C8H11FO3. The molecule has 4 heteroatoms. The number of ketones is 1. The maximum Gasteiger partial charge on any atom is 0.305 e. The Labute approximate surface area is 69.9 Å². The van der Waals surface area contributed by atoms with Crippen LogP contribution in [0.2, 0.25) is 0 Å². The molecule has 1 rings (SSSR count). The minimum atomic E-state index is -1.60. The van der Waals surface area contributed by atoms with Crippen LogP contribution in [0.3, 0.4) is 0 Å². The van der Waals surface area contributed by atoms with Gasteiger partial charge in [-0.15, -0.1) is 0 Å². The van der Waals surface area contributed by atoms with E-state index >= 15 is 0 Å². The number of esters is 1. The number of ether oxygens (including phenoxy) is 1. The number of rotatable bonds is 2. The molecule has 0 aromatic carbocycles. The van der Waals surface area contributed by atoms with Gasteiger partial charge in [-0.05, 0) is 6.42 Å². The second kappa shape index (κ2) is 3.65. The van der Waals surface area contributed by atoms with Crippen LogP contribution in [0.4, 0.5) is 4.39 Å². The molecule has 0 N–H and O–H groups in total. The summed E-state index contributed by atoms with van der Waals surface area (Å²) in [5.74, 6) is -1.00. The van der Waals surface area contributed by atoms with E-state index in [4.69, 9.17) is 0 Å². The molecule has 1 aliphatic rings. The Morgan fingerprint density at radius 1 is 1.75 bits per heavy atom. The predicted molar refractivity (Wildman–Crippen MR) is 39.0 cm³/mol. The largest absolute Gasteiger partial charge is 0.431 e. The molecule has 0 amide bonds. The van der Waals surface area contributed by atoms with Crippen LogP contribution < -0.4 is 0 Å². The smallest absolute Gasteiger partial charge is 0.305 e. The van der Waals surface area contributed by atoms with Gasteiger partial charge in [0.25, 0.3) is 0 Å². The van der Waals surface area contributed by atoms with Crippen molar-refractivity contribution in [2.24, 2.45) is 5.92 Å². The van der Waals surface area contributed by atoms with Gasteiger partial charge in [0.05, 0.1) is 0 Å². The fourth-order valence-corrected chi connectivity index (χ4v) is 1.32. The molecule has 0 saturated heterocycles. The molecule has 1 saturated carbocycles. The van der Waals surface area contributed by atoms with Gasteiger partial charge in [-0.1, -0.05) is 0 Å². The quantitative estimate of drug-likeness (QED) is 0.591. The standard InChI is InChI=1S/C8H11FO3/c1-5(10)12-8(9)6-2-3-7(11)4-6/h6,8H,2-4H2,1H3. The zero-order chi connectivity index (χ0) is 9.14. The minimum absolute atomic E-state index is 0.0507. The first-order chi connectivity index (χ1) is 5.59. The number of hydrogen-bond acceptors (Lipinski definition) is 3. The van der Waals surface area contributed by atoms with Gasteiger partial charge in [0.2, 0.25) is 6.36 Å². The van der Waals surface area contributed by atoms with Crippen molar-refractivity contribution >= 4 is 11.8 Å².